The van der Waals surface area contributed by atoms with E-state index in [9.17, 15) is 4.79 Å². The molecule has 0 bridgehead atoms. The van der Waals surface area contributed by atoms with Crippen LogP contribution in [0.15, 0.2) is 15.9 Å². The van der Waals surface area contributed by atoms with Crippen LogP contribution in [-0.4, -0.2) is 30.9 Å². The zero-order chi connectivity index (χ0) is 12.1. The van der Waals surface area contributed by atoms with E-state index in [2.05, 4.69) is 27.3 Å². The van der Waals surface area contributed by atoms with Gasteiger partial charge in [-0.2, -0.15) is 0 Å². The van der Waals surface area contributed by atoms with Gasteiger partial charge in [-0.25, -0.2) is 0 Å². The summed E-state index contributed by atoms with van der Waals surface area (Å²) in [4.78, 5) is 14.3. The molecule has 0 spiro atoms. The highest BCUT2D eigenvalue weighted by Crippen LogP contribution is 2.21. The Morgan fingerprint density at radius 1 is 1.56 bits per heavy atom. The molecule has 3 nitrogen and oxygen atoms in total. The predicted octanol–water partition coefficient (Wildman–Crippen LogP) is 2.47. The van der Waals surface area contributed by atoms with Crippen LogP contribution < -0.4 is 5.32 Å². The number of hydrogen-bond acceptors (Lipinski definition) is 3. The lowest BCUT2D eigenvalue weighted by atomic mass is 10.2. The van der Waals surface area contributed by atoms with Crippen LogP contribution in [-0.2, 0) is 11.3 Å². The maximum Gasteiger partial charge on any atom is 0.223 e. The third kappa shape index (κ3) is 4.63. The van der Waals surface area contributed by atoms with E-state index in [4.69, 9.17) is 0 Å². The lowest BCUT2D eigenvalue weighted by molar-refractivity contribution is -0.129. The monoisotopic (exact) mass is 304 g/mol. The second-order valence-corrected chi connectivity index (χ2v) is 6.53. The number of rotatable bonds is 5. The van der Waals surface area contributed by atoms with Crippen LogP contribution in [0.3, 0.4) is 0 Å². The molecule has 0 aliphatic heterocycles. The van der Waals surface area contributed by atoms with Gasteiger partial charge in [-0.15, -0.1) is 11.3 Å². The summed E-state index contributed by atoms with van der Waals surface area (Å²) in [6, 6.07) is 4.33. The van der Waals surface area contributed by atoms with Gasteiger partial charge in [0.05, 0.1) is 3.79 Å². The van der Waals surface area contributed by atoms with E-state index in [1.54, 1.807) is 30.3 Å². The molecule has 1 amide bonds. The summed E-state index contributed by atoms with van der Waals surface area (Å²) < 4.78 is 1.14. The molecule has 0 aliphatic rings. The maximum atomic E-state index is 11.4. The van der Waals surface area contributed by atoms with Crippen LogP contribution >= 0.6 is 27.3 Å². The molecular weight excluding hydrogens is 288 g/mol. The molecule has 0 aromatic carbocycles. The van der Waals surface area contributed by atoms with E-state index in [0.29, 0.717) is 6.42 Å². The fourth-order valence-electron chi connectivity index (χ4n) is 1.24. The lowest BCUT2D eigenvalue weighted by Crippen LogP contribution is -2.32. The van der Waals surface area contributed by atoms with Crippen LogP contribution in [0.4, 0.5) is 0 Å². The van der Waals surface area contributed by atoms with Crippen molar-refractivity contribution in [2.24, 2.45) is 0 Å². The molecule has 1 aromatic rings. The Balaban J connectivity index is 2.30. The summed E-state index contributed by atoms with van der Waals surface area (Å²) in [5.74, 6) is 0.160. The van der Waals surface area contributed by atoms with Gasteiger partial charge in [0.2, 0.25) is 5.91 Å². The molecule has 1 atom stereocenters. The van der Waals surface area contributed by atoms with Crippen LogP contribution in [0.1, 0.15) is 18.2 Å². The number of amides is 1. The van der Waals surface area contributed by atoms with Crippen LogP contribution in [0.5, 0.6) is 0 Å². The first-order chi connectivity index (χ1) is 7.49. The van der Waals surface area contributed by atoms with E-state index >= 15 is 0 Å². The highest BCUT2D eigenvalue weighted by Gasteiger charge is 2.10. The number of thiophene rings is 1. The van der Waals surface area contributed by atoms with Crippen LogP contribution in [0, 0.1) is 0 Å². The van der Waals surface area contributed by atoms with Crippen molar-refractivity contribution in [1.82, 2.24) is 10.2 Å². The number of carbonyl (C=O) groups excluding carboxylic acids is 1. The zero-order valence-corrected chi connectivity index (χ0v) is 12.2. The molecule has 0 saturated heterocycles. The molecule has 0 radical (unpaired) electrons. The van der Waals surface area contributed by atoms with Gasteiger partial charge in [-0.05, 0) is 35.0 Å². The Hall–Kier alpha value is -0.390. The Bertz CT molecular complexity index is 352. The van der Waals surface area contributed by atoms with Crippen molar-refractivity contribution >= 4 is 33.2 Å². The number of hydrogen-bond donors (Lipinski definition) is 1. The summed E-state index contributed by atoms with van der Waals surface area (Å²) in [5.41, 5.74) is 0. The van der Waals surface area contributed by atoms with Gasteiger partial charge in [0.15, 0.2) is 0 Å². The molecule has 1 heterocycles. The summed E-state index contributed by atoms with van der Waals surface area (Å²) >= 11 is 5.14. The van der Waals surface area contributed by atoms with Crippen molar-refractivity contribution in [2.75, 3.05) is 14.1 Å². The third-order valence-corrected chi connectivity index (χ3v) is 3.86. The van der Waals surface area contributed by atoms with Crippen molar-refractivity contribution in [1.29, 1.82) is 0 Å². The highest BCUT2D eigenvalue weighted by atomic mass is 79.9. The van der Waals surface area contributed by atoms with Gasteiger partial charge in [-0.1, -0.05) is 0 Å². The third-order valence-electron chi connectivity index (χ3n) is 2.23. The summed E-state index contributed by atoms with van der Waals surface area (Å²) in [6.45, 7) is 2.85. The van der Waals surface area contributed by atoms with E-state index in [0.717, 1.165) is 10.3 Å². The minimum absolute atomic E-state index is 0.160. The van der Waals surface area contributed by atoms with Gasteiger partial charge < -0.3 is 10.2 Å². The van der Waals surface area contributed by atoms with E-state index < -0.39 is 0 Å². The molecule has 1 rings (SSSR count). The SMILES string of the molecule is CC(CC(=O)N(C)C)NCc1ccc(Br)s1. The molecule has 0 fully saturated rings. The minimum atomic E-state index is 0.160. The van der Waals surface area contributed by atoms with Gasteiger partial charge in [0.1, 0.15) is 0 Å². The molecule has 1 aromatic heterocycles. The second-order valence-electron chi connectivity index (χ2n) is 3.98. The maximum absolute atomic E-state index is 11.4. The Morgan fingerprint density at radius 3 is 2.75 bits per heavy atom. The fourth-order valence-corrected chi connectivity index (χ4v) is 2.67. The fraction of sp³-hybridized carbons (Fsp3) is 0.545. The first-order valence-electron chi connectivity index (χ1n) is 5.17. The lowest BCUT2D eigenvalue weighted by Gasteiger charge is -2.16. The summed E-state index contributed by atoms with van der Waals surface area (Å²) in [6.07, 6.45) is 0.541. The molecule has 1 N–H and O–H groups in total. The molecule has 0 aliphatic carbocycles. The number of nitrogens with one attached hydrogen (secondary N) is 1. The predicted molar refractivity (Wildman–Crippen MR) is 71.6 cm³/mol. The van der Waals surface area contributed by atoms with E-state index in [1.807, 2.05) is 13.0 Å². The highest BCUT2D eigenvalue weighted by molar-refractivity contribution is 9.11. The molecule has 0 saturated carbocycles. The first-order valence-corrected chi connectivity index (χ1v) is 6.77. The molecule has 16 heavy (non-hydrogen) atoms. The number of carbonyl (C=O) groups is 1. The topological polar surface area (TPSA) is 32.3 Å². The van der Waals surface area contributed by atoms with Crippen molar-refractivity contribution in [3.05, 3.63) is 20.8 Å². The molecule has 90 valence electrons. The Morgan fingerprint density at radius 2 is 2.25 bits per heavy atom. The Kier molecular flexibility index (Phi) is 5.44. The number of halogens is 1. The van der Waals surface area contributed by atoms with Crippen molar-refractivity contribution in [2.45, 2.75) is 25.9 Å². The molecule has 1 unspecified atom stereocenters. The molecular formula is C11H17BrN2OS. The zero-order valence-electron chi connectivity index (χ0n) is 9.79. The van der Waals surface area contributed by atoms with E-state index in [1.165, 1.54) is 4.88 Å². The van der Waals surface area contributed by atoms with Crippen molar-refractivity contribution in [3.63, 3.8) is 0 Å². The first kappa shape index (κ1) is 13.7. The normalized spacial score (nSPS) is 12.5. The second kappa shape index (κ2) is 6.37. The van der Waals surface area contributed by atoms with Crippen LogP contribution in [0.2, 0.25) is 0 Å². The minimum Gasteiger partial charge on any atom is -0.349 e. The summed E-state index contributed by atoms with van der Waals surface area (Å²) in [5, 5.41) is 3.34. The Labute approximate surface area is 109 Å². The quantitative estimate of drug-likeness (QED) is 0.906. The van der Waals surface area contributed by atoms with Gasteiger partial charge >= 0.3 is 0 Å². The van der Waals surface area contributed by atoms with Crippen LogP contribution in [0.25, 0.3) is 0 Å². The number of nitrogens with zero attached hydrogens (tertiary/aromatic N) is 1. The standard InChI is InChI=1S/C11H17BrN2OS/c1-8(6-11(15)14(2)3)13-7-9-4-5-10(12)16-9/h4-5,8,13H,6-7H2,1-3H3. The van der Waals surface area contributed by atoms with Gasteiger partial charge in [0.25, 0.3) is 0 Å². The summed E-state index contributed by atoms with van der Waals surface area (Å²) in [7, 11) is 3.57. The van der Waals surface area contributed by atoms with Crippen molar-refractivity contribution < 1.29 is 4.79 Å². The van der Waals surface area contributed by atoms with Gasteiger partial charge in [0, 0.05) is 38.0 Å². The molecule has 5 heteroatoms. The van der Waals surface area contributed by atoms with Gasteiger partial charge in [-0.3, -0.25) is 4.79 Å². The smallest absolute Gasteiger partial charge is 0.223 e. The van der Waals surface area contributed by atoms with Crippen molar-refractivity contribution in [3.8, 4) is 0 Å². The van der Waals surface area contributed by atoms with E-state index in [-0.39, 0.29) is 11.9 Å². The average Bonchev–Trinajstić information content (AvgIpc) is 2.61. The largest absolute Gasteiger partial charge is 0.349 e. The average molecular weight is 305 g/mol.